The first kappa shape index (κ1) is 12.6. The van der Waals surface area contributed by atoms with E-state index in [1.54, 1.807) is 12.4 Å². The van der Waals surface area contributed by atoms with E-state index >= 15 is 0 Å². The second kappa shape index (κ2) is 6.15. The van der Waals surface area contributed by atoms with Gasteiger partial charge in [-0.05, 0) is 18.0 Å². The summed E-state index contributed by atoms with van der Waals surface area (Å²) >= 11 is 5.79. The summed E-state index contributed by atoms with van der Waals surface area (Å²) in [5.74, 6) is 0.377. The summed E-state index contributed by atoms with van der Waals surface area (Å²) < 4.78 is 5.31. The lowest BCUT2D eigenvalue weighted by molar-refractivity contribution is 0.291. The number of H-pyrrole nitrogens is 1. The maximum Gasteiger partial charge on any atom is 0.322 e. The molecule has 2 heterocycles. The predicted molar refractivity (Wildman–Crippen MR) is 66.5 cm³/mol. The molecule has 2 N–H and O–H groups in total. The highest BCUT2D eigenvalue weighted by Gasteiger charge is 2.05. The zero-order chi connectivity index (χ0) is 12.8. The molecule has 0 saturated carbocycles. The fraction of sp³-hybridized carbons (Fsp3) is 0.400. The normalized spacial score (nSPS) is 10.3. The van der Waals surface area contributed by atoms with Gasteiger partial charge in [-0.25, -0.2) is 0 Å². The third kappa shape index (κ3) is 3.56. The van der Waals surface area contributed by atoms with Crippen molar-refractivity contribution >= 4 is 17.5 Å². The zero-order valence-electron chi connectivity index (χ0n) is 9.85. The molecule has 18 heavy (non-hydrogen) atoms. The number of hydrogen-bond donors (Lipinski definition) is 2. The standard InChI is InChI=1S/C10H13ClN6O/c1-2-3-18-10-16-8(11)15-9(17-10)12-4-7-5-13-14-6-7/h5-6H,2-4H2,1H3,(H,13,14)(H,12,15,16,17). The summed E-state index contributed by atoms with van der Waals surface area (Å²) in [6, 6.07) is 0.228. The van der Waals surface area contributed by atoms with E-state index in [4.69, 9.17) is 16.3 Å². The van der Waals surface area contributed by atoms with E-state index in [0.29, 0.717) is 19.1 Å². The largest absolute Gasteiger partial charge is 0.463 e. The van der Waals surface area contributed by atoms with Crippen molar-refractivity contribution in [3.05, 3.63) is 23.2 Å². The molecule has 0 unspecified atom stereocenters. The van der Waals surface area contributed by atoms with Crippen molar-refractivity contribution in [2.45, 2.75) is 19.9 Å². The number of anilines is 1. The van der Waals surface area contributed by atoms with E-state index in [-0.39, 0.29) is 11.3 Å². The van der Waals surface area contributed by atoms with Crippen LogP contribution < -0.4 is 10.1 Å². The Kier molecular flexibility index (Phi) is 4.30. The molecule has 0 aromatic carbocycles. The van der Waals surface area contributed by atoms with Crippen molar-refractivity contribution in [3.8, 4) is 6.01 Å². The minimum atomic E-state index is 0.103. The average molecular weight is 269 g/mol. The first-order chi connectivity index (χ1) is 8.78. The highest BCUT2D eigenvalue weighted by atomic mass is 35.5. The van der Waals surface area contributed by atoms with Crippen LogP contribution in [0, 0.1) is 0 Å². The molecule has 0 aliphatic carbocycles. The first-order valence-electron chi connectivity index (χ1n) is 5.54. The molecule has 0 radical (unpaired) electrons. The lowest BCUT2D eigenvalue weighted by Gasteiger charge is -2.06. The fourth-order valence-corrected chi connectivity index (χ4v) is 1.38. The molecule has 0 fully saturated rings. The molecule has 8 heteroatoms. The second-order valence-corrected chi connectivity index (χ2v) is 3.86. The number of hydrogen-bond acceptors (Lipinski definition) is 6. The molecule has 0 aliphatic heterocycles. The highest BCUT2D eigenvalue weighted by Crippen LogP contribution is 2.12. The van der Waals surface area contributed by atoms with Crippen molar-refractivity contribution in [1.29, 1.82) is 0 Å². The Balaban J connectivity index is 2.00. The Bertz CT molecular complexity index is 489. The Morgan fingerprint density at radius 1 is 1.39 bits per heavy atom. The van der Waals surface area contributed by atoms with Crippen LogP contribution in [-0.4, -0.2) is 31.8 Å². The lowest BCUT2D eigenvalue weighted by atomic mass is 10.4. The molecule has 0 aliphatic rings. The maximum atomic E-state index is 5.79. The van der Waals surface area contributed by atoms with Crippen LogP contribution in [0.25, 0.3) is 0 Å². The summed E-state index contributed by atoms with van der Waals surface area (Å²) in [5, 5.41) is 9.68. The van der Waals surface area contributed by atoms with Crippen molar-refractivity contribution in [2.75, 3.05) is 11.9 Å². The molecule has 0 spiro atoms. The third-order valence-corrected chi connectivity index (χ3v) is 2.20. The van der Waals surface area contributed by atoms with Crippen LogP contribution in [0.2, 0.25) is 5.28 Å². The van der Waals surface area contributed by atoms with Crippen molar-refractivity contribution < 1.29 is 4.74 Å². The van der Waals surface area contributed by atoms with Crippen molar-refractivity contribution in [1.82, 2.24) is 25.1 Å². The number of nitrogens with one attached hydrogen (secondary N) is 2. The minimum Gasteiger partial charge on any atom is -0.463 e. The molecule has 0 amide bonds. The van der Waals surface area contributed by atoms with Gasteiger partial charge in [0.2, 0.25) is 11.2 Å². The van der Waals surface area contributed by atoms with Gasteiger partial charge in [0.25, 0.3) is 0 Å². The SMILES string of the molecule is CCCOc1nc(Cl)nc(NCc2cn[nH]c2)n1. The van der Waals surface area contributed by atoms with E-state index in [1.165, 1.54) is 0 Å². The summed E-state index contributed by atoms with van der Waals surface area (Å²) in [7, 11) is 0. The molecule has 0 bridgehead atoms. The van der Waals surface area contributed by atoms with Crippen LogP contribution >= 0.6 is 11.6 Å². The number of nitrogens with zero attached hydrogens (tertiary/aromatic N) is 4. The summed E-state index contributed by atoms with van der Waals surface area (Å²) in [6.45, 7) is 3.09. The quantitative estimate of drug-likeness (QED) is 0.828. The predicted octanol–water partition coefficient (Wildman–Crippen LogP) is 1.65. The van der Waals surface area contributed by atoms with Crippen molar-refractivity contribution in [3.63, 3.8) is 0 Å². The topological polar surface area (TPSA) is 88.6 Å². The van der Waals surface area contributed by atoms with E-state index in [1.807, 2.05) is 6.92 Å². The Labute approximate surface area is 109 Å². The molecule has 2 aromatic rings. The Hall–Kier alpha value is -1.89. The smallest absolute Gasteiger partial charge is 0.322 e. The zero-order valence-corrected chi connectivity index (χ0v) is 10.6. The summed E-state index contributed by atoms with van der Waals surface area (Å²) in [5.41, 5.74) is 0.988. The van der Waals surface area contributed by atoms with E-state index < -0.39 is 0 Å². The summed E-state index contributed by atoms with van der Waals surface area (Å²) in [4.78, 5) is 11.9. The molecule has 0 atom stereocenters. The molecule has 2 rings (SSSR count). The van der Waals surface area contributed by atoms with E-state index in [9.17, 15) is 0 Å². The first-order valence-corrected chi connectivity index (χ1v) is 5.91. The lowest BCUT2D eigenvalue weighted by Crippen LogP contribution is -2.07. The van der Waals surface area contributed by atoms with Crippen molar-refractivity contribution in [2.24, 2.45) is 0 Å². The number of rotatable bonds is 6. The van der Waals surface area contributed by atoms with Crippen LogP contribution in [0.3, 0.4) is 0 Å². The van der Waals surface area contributed by atoms with Gasteiger partial charge in [-0.2, -0.15) is 20.1 Å². The van der Waals surface area contributed by atoms with Crippen LogP contribution in [-0.2, 0) is 6.54 Å². The van der Waals surface area contributed by atoms with Gasteiger partial charge in [-0.3, -0.25) is 5.10 Å². The number of halogens is 1. The van der Waals surface area contributed by atoms with Gasteiger partial charge in [0.05, 0.1) is 12.8 Å². The van der Waals surface area contributed by atoms with Gasteiger partial charge in [0.1, 0.15) is 0 Å². The van der Waals surface area contributed by atoms with Crippen LogP contribution in [0.4, 0.5) is 5.95 Å². The minimum absolute atomic E-state index is 0.103. The number of aromatic amines is 1. The molecular formula is C10H13ClN6O. The Morgan fingerprint density at radius 2 is 2.28 bits per heavy atom. The van der Waals surface area contributed by atoms with Crippen LogP contribution in [0.5, 0.6) is 6.01 Å². The molecule has 7 nitrogen and oxygen atoms in total. The molecule has 96 valence electrons. The van der Waals surface area contributed by atoms with Crippen LogP contribution in [0.15, 0.2) is 12.4 Å². The van der Waals surface area contributed by atoms with E-state index in [2.05, 4.69) is 30.5 Å². The molecular weight excluding hydrogens is 256 g/mol. The number of ether oxygens (including phenoxy) is 1. The van der Waals surface area contributed by atoms with Gasteiger partial charge < -0.3 is 10.1 Å². The monoisotopic (exact) mass is 268 g/mol. The van der Waals surface area contributed by atoms with Crippen LogP contribution in [0.1, 0.15) is 18.9 Å². The van der Waals surface area contributed by atoms with Gasteiger partial charge in [0.15, 0.2) is 0 Å². The fourth-order valence-electron chi connectivity index (χ4n) is 1.22. The highest BCUT2D eigenvalue weighted by molar-refractivity contribution is 6.28. The molecule has 0 saturated heterocycles. The number of aromatic nitrogens is 5. The Morgan fingerprint density at radius 3 is 3.00 bits per heavy atom. The second-order valence-electron chi connectivity index (χ2n) is 3.52. The van der Waals surface area contributed by atoms with Gasteiger partial charge in [-0.15, -0.1) is 0 Å². The van der Waals surface area contributed by atoms with Gasteiger partial charge in [-0.1, -0.05) is 6.92 Å². The average Bonchev–Trinajstić information content (AvgIpc) is 2.86. The van der Waals surface area contributed by atoms with E-state index in [0.717, 1.165) is 12.0 Å². The summed E-state index contributed by atoms with van der Waals surface area (Å²) in [6.07, 6.45) is 4.37. The molecule has 2 aromatic heterocycles. The maximum absolute atomic E-state index is 5.79. The van der Waals surface area contributed by atoms with Gasteiger partial charge >= 0.3 is 6.01 Å². The van der Waals surface area contributed by atoms with Gasteiger partial charge in [0, 0.05) is 18.3 Å². The third-order valence-electron chi connectivity index (χ3n) is 2.03.